The quantitative estimate of drug-likeness (QED) is 0.452. The van der Waals surface area contributed by atoms with Crippen molar-refractivity contribution in [2.24, 2.45) is 0 Å². The average Bonchev–Trinajstić information content (AvgIpc) is 2.79. The minimum absolute atomic E-state index is 0.0325. The molecule has 0 aliphatic carbocycles. The molecule has 2 aromatic rings. The highest BCUT2D eigenvalue weighted by atomic mass is 32.2. The summed E-state index contributed by atoms with van der Waals surface area (Å²) in [6, 6.07) is 10.2. The first-order chi connectivity index (χ1) is 15.3. The van der Waals surface area contributed by atoms with Crippen LogP contribution < -0.4 is 10.1 Å². The summed E-state index contributed by atoms with van der Waals surface area (Å²) in [6.07, 6.45) is 0.550. The van der Waals surface area contributed by atoms with E-state index in [1.54, 1.807) is 24.3 Å². The summed E-state index contributed by atoms with van der Waals surface area (Å²) in [4.78, 5) is 23.0. The summed E-state index contributed by atoms with van der Waals surface area (Å²) in [5, 5.41) is 2.60. The predicted octanol–water partition coefficient (Wildman–Crippen LogP) is 2.85. The van der Waals surface area contributed by atoms with Crippen LogP contribution in [0.5, 0.6) is 5.75 Å². The maximum absolute atomic E-state index is 14.3. The van der Waals surface area contributed by atoms with Crippen molar-refractivity contribution >= 4 is 27.4 Å². The molecule has 1 aliphatic heterocycles. The highest BCUT2D eigenvalue weighted by Gasteiger charge is 2.29. The number of anilines is 1. The van der Waals surface area contributed by atoms with Gasteiger partial charge in [0.25, 0.3) is 0 Å². The van der Waals surface area contributed by atoms with Gasteiger partial charge in [0, 0.05) is 30.8 Å². The molecule has 2 aromatic carbocycles. The van der Waals surface area contributed by atoms with Crippen LogP contribution in [0.15, 0.2) is 47.4 Å². The van der Waals surface area contributed by atoms with Crippen LogP contribution in [0.2, 0.25) is 0 Å². The number of ketones is 1. The Balaban J connectivity index is 1.52. The Morgan fingerprint density at radius 1 is 1.12 bits per heavy atom. The number of carbonyl (C=O) groups is 2. The van der Waals surface area contributed by atoms with E-state index in [-0.39, 0.29) is 56.7 Å². The van der Waals surface area contributed by atoms with E-state index in [1.165, 1.54) is 17.3 Å². The molecule has 0 radical (unpaired) electrons. The van der Waals surface area contributed by atoms with Crippen molar-refractivity contribution in [2.45, 2.75) is 24.7 Å². The highest BCUT2D eigenvalue weighted by Crippen LogP contribution is 2.24. The minimum Gasteiger partial charge on any atom is -0.494 e. The zero-order valence-electron chi connectivity index (χ0n) is 17.7. The van der Waals surface area contributed by atoms with E-state index in [0.717, 1.165) is 12.1 Å². The number of amides is 1. The Kier molecular flexibility index (Phi) is 7.94. The van der Waals surface area contributed by atoms with Gasteiger partial charge in [0.1, 0.15) is 16.5 Å². The molecule has 1 heterocycles. The van der Waals surface area contributed by atoms with Gasteiger partial charge in [-0.15, -0.1) is 0 Å². The lowest BCUT2D eigenvalue weighted by Crippen LogP contribution is -2.40. The smallest absolute Gasteiger partial charge is 0.246 e. The maximum atomic E-state index is 14.3. The Bertz CT molecular complexity index is 1070. The fourth-order valence-corrected chi connectivity index (χ4v) is 4.64. The van der Waals surface area contributed by atoms with Crippen LogP contribution in [0.1, 0.15) is 30.1 Å². The lowest BCUT2D eigenvalue weighted by molar-refractivity contribution is -0.116. The molecule has 10 heteroatoms. The van der Waals surface area contributed by atoms with Crippen molar-refractivity contribution in [3.05, 3.63) is 53.8 Å². The molecule has 0 atom stereocenters. The molecule has 0 bridgehead atoms. The number of benzene rings is 2. The molecule has 0 unspecified atom stereocenters. The van der Waals surface area contributed by atoms with Gasteiger partial charge in [0.05, 0.1) is 19.8 Å². The second kappa shape index (κ2) is 10.7. The molecule has 0 aromatic heterocycles. The molecule has 1 saturated heterocycles. The van der Waals surface area contributed by atoms with E-state index in [0.29, 0.717) is 17.7 Å². The third kappa shape index (κ3) is 6.12. The number of sulfonamides is 1. The molecule has 1 N–H and O–H groups in total. The minimum atomic E-state index is -4.03. The Hall–Kier alpha value is -2.82. The number of halogens is 1. The zero-order valence-corrected chi connectivity index (χ0v) is 18.5. The summed E-state index contributed by atoms with van der Waals surface area (Å²) >= 11 is 0. The summed E-state index contributed by atoms with van der Waals surface area (Å²) in [6.45, 7) is 2.57. The molecule has 1 aliphatic rings. The fourth-order valence-electron chi connectivity index (χ4n) is 3.14. The van der Waals surface area contributed by atoms with Crippen molar-refractivity contribution in [2.75, 3.05) is 38.2 Å². The van der Waals surface area contributed by atoms with Crippen LogP contribution >= 0.6 is 0 Å². The van der Waals surface area contributed by atoms with E-state index in [4.69, 9.17) is 9.47 Å². The van der Waals surface area contributed by atoms with E-state index < -0.39 is 20.7 Å². The van der Waals surface area contributed by atoms with E-state index in [9.17, 15) is 22.4 Å². The molecule has 32 heavy (non-hydrogen) atoms. The van der Waals surface area contributed by atoms with E-state index in [1.807, 2.05) is 0 Å². The third-order valence-electron chi connectivity index (χ3n) is 4.88. The number of hydrogen-bond acceptors (Lipinski definition) is 6. The first kappa shape index (κ1) is 23.8. The van der Waals surface area contributed by atoms with Crippen LogP contribution in [-0.4, -0.2) is 57.3 Å². The number of nitrogens with zero attached hydrogens (tertiary/aromatic N) is 1. The molecule has 0 saturated carbocycles. The zero-order chi connectivity index (χ0) is 23.1. The van der Waals surface area contributed by atoms with E-state index >= 15 is 0 Å². The van der Waals surface area contributed by atoms with Crippen molar-refractivity contribution in [3.8, 4) is 5.75 Å². The second-order valence-corrected chi connectivity index (χ2v) is 9.15. The molecular weight excluding hydrogens is 439 g/mol. The van der Waals surface area contributed by atoms with Gasteiger partial charge in [0.2, 0.25) is 15.9 Å². The van der Waals surface area contributed by atoms with Crippen LogP contribution in [-0.2, 0) is 19.6 Å². The van der Waals surface area contributed by atoms with Gasteiger partial charge in [-0.25, -0.2) is 12.8 Å². The van der Waals surface area contributed by atoms with Crippen molar-refractivity contribution < 1.29 is 31.9 Å². The molecule has 8 nitrogen and oxygen atoms in total. The number of hydrogen-bond donors (Lipinski definition) is 1. The standard InChI is InChI=1S/C22H25FN2O6S/c1-16(26)17-4-7-19(8-5-17)31-12-2-3-22(27)24-18-6-9-20(23)21(15-18)32(28,29)25-10-13-30-14-11-25/h4-9,15H,2-3,10-14H2,1H3,(H,24,27). The fraction of sp³-hybridized carbons (Fsp3) is 0.364. The Labute approximate surface area is 186 Å². The van der Waals surface area contributed by atoms with Crippen LogP contribution in [0.3, 0.4) is 0 Å². The summed E-state index contributed by atoms with van der Waals surface area (Å²) in [5.41, 5.74) is 0.787. The van der Waals surface area contributed by atoms with Gasteiger partial charge in [-0.05, 0) is 55.8 Å². The topological polar surface area (TPSA) is 102 Å². The molecule has 0 spiro atoms. The Morgan fingerprint density at radius 2 is 1.81 bits per heavy atom. The number of morpholine rings is 1. The number of nitrogens with one attached hydrogen (secondary N) is 1. The lowest BCUT2D eigenvalue weighted by atomic mass is 10.1. The van der Waals surface area contributed by atoms with Crippen LogP contribution in [0.25, 0.3) is 0 Å². The van der Waals surface area contributed by atoms with Crippen molar-refractivity contribution in [3.63, 3.8) is 0 Å². The van der Waals surface area contributed by atoms with Gasteiger partial charge < -0.3 is 14.8 Å². The van der Waals surface area contributed by atoms with Gasteiger partial charge in [0.15, 0.2) is 5.78 Å². The van der Waals surface area contributed by atoms with Gasteiger partial charge >= 0.3 is 0 Å². The lowest BCUT2D eigenvalue weighted by Gasteiger charge is -2.26. The monoisotopic (exact) mass is 464 g/mol. The summed E-state index contributed by atoms with van der Waals surface area (Å²) in [5.74, 6) is -0.664. The molecule has 3 rings (SSSR count). The second-order valence-electron chi connectivity index (χ2n) is 7.24. The Morgan fingerprint density at radius 3 is 2.47 bits per heavy atom. The number of carbonyl (C=O) groups excluding carboxylic acids is 2. The van der Waals surface area contributed by atoms with E-state index in [2.05, 4.69) is 5.32 Å². The number of Topliss-reactive ketones (excluding diaryl/α,β-unsaturated/α-hetero) is 1. The molecule has 172 valence electrons. The SMILES string of the molecule is CC(=O)c1ccc(OCCCC(=O)Nc2ccc(F)c(S(=O)(=O)N3CCOCC3)c2)cc1. The number of ether oxygens (including phenoxy) is 2. The van der Waals surface area contributed by atoms with Crippen LogP contribution in [0, 0.1) is 5.82 Å². The predicted molar refractivity (Wildman–Crippen MR) is 116 cm³/mol. The third-order valence-corrected chi connectivity index (χ3v) is 6.79. The normalized spacial score (nSPS) is 14.7. The summed E-state index contributed by atoms with van der Waals surface area (Å²) < 4.78 is 51.6. The first-order valence-electron chi connectivity index (χ1n) is 10.2. The van der Waals surface area contributed by atoms with Gasteiger partial charge in [-0.2, -0.15) is 4.31 Å². The number of rotatable bonds is 9. The maximum Gasteiger partial charge on any atom is 0.246 e. The van der Waals surface area contributed by atoms with Crippen molar-refractivity contribution in [1.29, 1.82) is 0 Å². The highest BCUT2D eigenvalue weighted by molar-refractivity contribution is 7.89. The van der Waals surface area contributed by atoms with Gasteiger partial charge in [-0.3, -0.25) is 9.59 Å². The molecular formula is C22H25FN2O6S. The largest absolute Gasteiger partial charge is 0.494 e. The summed E-state index contributed by atoms with van der Waals surface area (Å²) in [7, 11) is -4.03. The first-order valence-corrected chi connectivity index (χ1v) is 11.6. The molecule has 1 fully saturated rings. The average molecular weight is 465 g/mol. The molecule has 1 amide bonds. The van der Waals surface area contributed by atoms with Crippen LogP contribution in [0.4, 0.5) is 10.1 Å². The van der Waals surface area contributed by atoms with Gasteiger partial charge in [-0.1, -0.05) is 0 Å². The van der Waals surface area contributed by atoms with Crippen molar-refractivity contribution in [1.82, 2.24) is 4.31 Å².